The summed E-state index contributed by atoms with van der Waals surface area (Å²) in [5.41, 5.74) is 8.76. The number of hydrogen-bond donors (Lipinski definition) is 2. The molecule has 0 bridgehead atoms. The van der Waals surface area contributed by atoms with Crippen LogP contribution in [0.4, 0.5) is 11.5 Å². The second-order valence-electron chi connectivity index (χ2n) is 4.55. The molecule has 5 heteroatoms. The first-order valence-corrected chi connectivity index (χ1v) is 6.80. The molecule has 2 aromatic rings. The summed E-state index contributed by atoms with van der Waals surface area (Å²) in [4.78, 5) is 0. The Morgan fingerprint density at radius 2 is 2.21 bits per heavy atom. The fraction of sp³-hybridized carbons (Fsp3) is 0.357. The van der Waals surface area contributed by atoms with E-state index < -0.39 is 0 Å². The maximum absolute atomic E-state index is 6.06. The highest BCUT2D eigenvalue weighted by Gasteiger charge is 2.11. The summed E-state index contributed by atoms with van der Waals surface area (Å²) in [6.07, 6.45) is 1.02. The van der Waals surface area contributed by atoms with Gasteiger partial charge in [-0.1, -0.05) is 30.7 Å². The van der Waals surface area contributed by atoms with Gasteiger partial charge in [-0.25, -0.2) is 4.68 Å². The van der Waals surface area contributed by atoms with Gasteiger partial charge in [0.1, 0.15) is 5.82 Å². The average molecular weight is 279 g/mol. The van der Waals surface area contributed by atoms with Crippen molar-refractivity contribution in [3.05, 3.63) is 40.5 Å². The Morgan fingerprint density at radius 3 is 2.89 bits per heavy atom. The van der Waals surface area contributed by atoms with Gasteiger partial charge < -0.3 is 11.1 Å². The van der Waals surface area contributed by atoms with Gasteiger partial charge in [-0.3, -0.25) is 0 Å². The largest absolute Gasteiger partial charge is 0.394 e. The Balaban J connectivity index is 2.14. The van der Waals surface area contributed by atoms with E-state index in [4.69, 9.17) is 17.3 Å². The molecule has 1 heterocycles. The van der Waals surface area contributed by atoms with Crippen molar-refractivity contribution in [1.82, 2.24) is 9.78 Å². The van der Waals surface area contributed by atoms with Gasteiger partial charge in [-0.05, 0) is 31.0 Å². The second kappa shape index (κ2) is 5.97. The summed E-state index contributed by atoms with van der Waals surface area (Å²) in [5, 5.41) is 8.52. The normalized spacial score (nSPS) is 10.7. The molecule has 102 valence electrons. The topological polar surface area (TPSA) is 55.9 Å². The van der Waals surface area contributed by atoms with Crippen LogP contribution in [0, 0.1) is 6.92 Å². The molecule has 0 radical (unpaired) electrons. The van der Waals surface area contributed by atoms with E-state index >= 15 is 0 Å². The number of aromatic nitrogens is 2. The highest BCUT2D eigenvalue weighted by Crippen LogP contribution is 2.23. The first kappa shape index (κ1) is 13.7. The number of nitrogens with one attached hydrogen (secondary N) is 1. The van der Waals surface area contributed by atoms with Gasteiger partial charge >= 0.3 is 0 Å². The van der Waals surface area contributed by atoms with Crippen LogP contribution in [0.15, 0.2) is 24.3 Å². The monoisotopic (exact) mass is 278 g/mol. The molecule has 0 aliphatic carbocycles. The van der Waals surface area contributed by atoms with Gasteiger partial charge in [0.15, 0.2) is 0 Å². The molecule has 0 unspecified atom stereocenters. The lowest BCUT2D eigenvalue weighted by molar-refractivity contribution is 0.603. The number of aryl methyl sites for hydroxylation is 2. The summed E-state index contributed by atoms with van der Waals surface area (Å²) in [5.74, 6) is 0.888. The Labute approximate surface area is 118 Å². The Bertz CT molecular complexity index is 563. The molecule has 4 nitrogen and oxygen atoms in total. The van der Waals surface area contributed by atoms with Crippen LogP contribution < -0.4 is 11.1 Å². The SMILES string of the molecule is CCCn1nc(C)c(N)c1NCc1cccc(Cl)c1. The van der Waals surface area contributed by atoms with Crippen LogP contribution in [0.3, 0.4) is 0 Å². The number of halogens is 1. The summed E-state index contributed by atoms with van der Waals surface area (Å²) < 4.78 is 1.93. The molecular formula is C14H19ClN4. The summed E-state index contributed by atoms with van der Waals surface area (Å²) in [6.45, 7) is 5.58. The van der Waals surface area contributed by atoms with Crippen molar-refractivity contribution >= 4 is 23.1 Å². The minimum Gasteiger partial charge on any atom is -0.394 e. The van der Waals surface area contributed by atoms with Crippen LogP contribution in [0.25, 0.3) is 0 Å². The summed E-state index contributed by atoms with van der Waals surface area (Å²) in [7, 11) is 0. The molecule has 3 N–H and O–H groups in total. The van der Waals surface area contributed by atoms with Gasteiger partial charge in [0.25, 0.3) is 0 Å². The predicted octanol–water partition coefficient (Wildman–Crippen LogP) is 3.45. The number of nitrogens with zero attached hydrogens (tertiary/aromatic N) is 2. The zero-order chi connectivity index (χ0) is 13.8. The molecule has 0 amide bonds. The van der Waals surface area contributed by atoms with E-state index in [9.17, 15) is 0 Å². The fourth-order valence-corrected chi connectivity index (χ4v) is 2.20. The molecule has 1 aromatic heterocycles. The van der Waals surface area contributed by atoms with E-state index in [2.05, 4.69) is 17.3 Å². The zero-order valence-corrected chi connectivity index (χ0v) is 12.0. The number of nitrogens with two attached hydrogens (primary N) is 1. The van der Waals surface area contributed by atoms with E-state index in [0.717, 1.165) is 40.8 Å². The van der Waals surface area contributed by atoms with Crippen molar-refractivity contribution in [2.24, 2.45) is 0 Å². The van der Waals surface area contributed by atoms with Crippen LogP contribution >= 0.6 is 11.6 Å². The minimum atomic E-state index is 0.680. The lowest BCUT2D eigenvalue weighted by Crippen LogP contribution is -2.09. The lowest BCUT2D eigenvalue weighted by atomic mass is 10.2. The Morgan fingerprint density at radius 1 is 1.42 bits per heavy atom. The van der Waals surface area contributed by atoms with Crippen molar-refractivity contribution in [3.8, 4) is 0 Å². The van der Waals surface area contributed by atoms with Gasteiger partial charge in [-0.15, -0.1) is 0 Å². The first-order chi connectivity index (χ1) is 9.11. The van der Waals surface area contributed by atoms with Crippen LogP contribution in [0.2, 0.25) is 5.02 Å². The zero-order valence-electron chi connectivity index (χ0n) is 11.3. The summed E-state index contributed by atoms with van der Waals surface area (Å²) >= 11 is 5.97. The van der Waals surface area contributed by atoms with Crippen molar-refractivity contribution in [3.63, 3.8) is 0 Å². The molecule has 2 rings (SSSR count). The van der Waals surface area contributed by atoms with Crippen molar-refractivity contribution in [2.45, 2.75) is 33.4 Å². The highest BCUT2D eigenvalue weighted by molar-refractivity contribution is 6.30. The van der Waals surface area contributed by atoms with Crippen LogP contribution in [-0.2, 0) is 13.1 Å². The Hall–Kier alpha value is -1.68. The number of rotatable bonds is 5. The van der Waals surface area contributed by atoms with Crippen LogP contribution in [0.1, 0.15) is 24.6 Å². The molecule has 0 aliphatic rings. The summed E-state index contributed by atoms with van der Waals surface area (Å²) in [6, 6.07) is 7.78. The van der Waals surface area contributed by atoms with Crippen LogP contribution in [0.5, 0.6) is 0 Å². The molecule has 0 aliphatic heterocycles. The van der Waals surface area contributed by atoms with E-state index in [1.54, 1.807) is 0 Å². The van der Waals surface area contributed by atoms with Crippen molar-refractivity contribution in [2.75, 3.05) is 11.1 Å². The van der Waals surface area contributed by atoms with Crippen LogP contribution in [-0.4, -0.2) is 9.78 Å². The molecule has 0 saturated carbocycles. The van der Waals surface area contributed by atoms with E-state index in [-0.39, 0.29) is 0 Å². The number of anilines is 2. The Kier molecular flexibility index (Phi) is 4.32. The predicted molar refractivity (Wildman–Crippen MR) is 80.4 cm³/mol. The van der Waals surface area contributed by atoms with Gasteiger partial charge in [0, 0.05) is 18.1 Å². The number of hydrogen-bond acceptors (Lipinski definition) is 3. The van der Waals surface area contributed by atoms with E-state index in [1.807, 2.05) is 35.9 Å². The highest BCUT2D eigenvalue weighted by atomic mass is 35.5. The second-order valence-corrected chi connectivity index (χ2v) is 4.99. The first-order valence-electron chi connectivity index (χ1n) is 6.43. The third-order valence-corrected chi connectivity index (χ3v) is 3.19. The van der Waals surface area contributed by atoms with Gasteiger partial charge in [0.2, 0.25) is 0 Å². The lowest BCUT2D eigenvalue weighted by Gasteiger charge is -2.10. The quantitative estimate of drug-likeness (QED) is 0.881. The maximum atomic E-state index is 6.06. The van der Waals surface area contributed by atoms with E-state index in [1.165, 1.54) is 0 Å². The molecule has 0 fully saturated rings. The molecule has 0 spiro atoms. The van der Waals surface area contributed by atoms with Gasteiger partial charge in [-0.2, -0.15) is 5.10 Å². The standard InChI is InChI=1S/C14H19ClN4/c1-3-7-19-14(13(16)10(2)18-19)17-9-11-5-4-6-12(15)8-11/h4-6,8,17H,3,7,9,16H2,1-2H3. The number of nitrogen functional groups attached to an aromatic ring is 1. The fourth-order valence-electron chi connectivity index (χ4n) is 1.99. The van der Waals surface area contributed by atoms with Crippen molar-refractivity contribution < 1.29 is 0 Å². The van der Waals surface area contributed by atoms with Gasteiger partial charge in [0.05, 0.1) is 11.4 Å². The molecule has 0 saturated heterocycles. The van der Waals surface area contributed by atoms with Crippen molar-refractivity contribution in [1.29, 1.82) is 0 Å². The number of benzene rings is 1. The minimum absolute atomic E-state index is 0.680. The molecule has 0 atom stereocenters. The molecule has 19 heavy (non-hydrogen) atoms. The third kappa shape index (κ3) is 3.20. The third-order valence-electron chi connectivity index (χ3n) is 2.96. The maximum Gasteiger partial charge on any atom is 0.148 e. The smallest absolute Gasteiger partial charge is 0.148 e. The molecule has 1 aromatic carbocycles. The van der Waals surface area contributed by atoms with E-state index in [0.29, 0.717) is 6.54 Å². The molecular weight excluding hydrogens is 260 g/mol. The average Bonchev–Trinajstić information content (AvgIpc) is 2.63.